The molecule has 0 aliphatic heterocycles. The summed E-state index contributed by atoms with van der Waals surface area (Å²) in [5.74, 6) is -1.16. The number of carbonyl (C=O) groups is 2. The number of aromatic nitrogens is 2. The van der Waals surface area contributed by atoms with Crippen LogP contribution in [0.4, 0.5) is 0 Å². The number of carbonyl (C=O) groups excluding carboxylic acids is 1. The highest BCUT2D eigenvalue weighted by Gasteiger charge is 2.23. The highest BCUT2D eigenvalue weighted by atomic mass is 79.9. The third kappa shape index (κ3) is 4.92. The predicted molar refractivity (Wildman–Crippen MR) is 89.7 cm³/mol. The molecule has 0 radical (unpaired) electrons. The molecule has 7 heteroatoms. The number of rotatable bonds is 6. The van der Waals surface area contributed by atoms with E-state index in [0.717, 1.165) is 10.2 Å². The Morgan fingerprint density at radius 2 is 2.13 bits per heavy atom. The summed E-state index contributed by atoms with van der Waals surface area (Å²) < 4.78 is 2.54. The minimum absolute atomic E-state index is 0.00455. The standard InChI is InChI=1S/C16H18BrN3O3/c1-16(2,7-6-14(21)22)19-15(23)11-9-18-20(10-11)13-5-3-4-12(17)8-13/h3-5,8-10H,6-7H2,1-2H3,(H,19,23)(H,21,22). The van der Waals surface area contributed by atoms with Crippen LogP contribution in [0.5, 0.6) is 0 Å². The molecule has 1 aromatic carbocycles. The van der Waals surface area contributed by atoms with Crippen LogP contribution in [0.2, 0.25) is 0 Å². The topological polar surface area (TPSA) is 84.2 Å². The van der Waals surface area contributed by atoms with E-state index in [2.05, 4.69) is 26.3 Å². The summed E-state index contributed by atoms with van der Waals surface area (Å²) in [4.78, 5) is 23.0. The summed E-state index contributed by atoms with van der Waals surface area (Å²) in [5.41, 5.74) is 0.657. The summed E-state index contributed by atoms with van der Waals surface area (Å²) in [7, 11) is 0. The van der Waals surface area contributed by atoms with Crippen LogP contribution in [-0.2, 0) is 4.79 Å². The van der Waals surface area contributed by atoms with Crippen molar-refractivity contribution in [3.63, 3.8) is 0 Å². The molecule has 122 valence electrons. The molecule has 2 rings (SSSR count). The lowest BCUT2D eigenvalue weighted by atomic mass is 9.98. The number of amides is 1. The zero-order valence-electron chi connectivity index (χ0n) is 12.9. The van der Waals surface area contributed by atoms with Crippen LogP contribution in [-0.4, -0.2) is 32.3 Å². The SMILES string of the molecule is CC(C)(CCC(=O)O)NC(=O)c1cnn(-c2cccc(Br)c2)c1. The maximum Gasteiger partial charge on any atom is 0.303 e. The normalized spacial score (nSPS) is 11.3. The van der Waals surface area contributed by atoms with E-state index >= 15 is 0 Å². The maximum atomic E-state index is 12.3. The number of carboxylic acids is 1. The van der Waals surface area contributed by atoms with Crippen LogP contribution < -0.4 is 5.32 Å². The third-order valence-corrected chi connectivity index (χ3v) is 3.83. The van der Waals surface area contributed by atoms with Gasteiger partial charge in [-0.25, -0.2) is 4.68 Å². The lowest BCUT2D eigenvalue weighted by Gasteiger charge is -2.25. The van der Waals surface area contributed by atoms with Crippen molar-refractivity contribution in [3.05, 3.63) is 46.7 Å². The molecule has 0 saturated heterocycles. The van der Waals surface area contributed by atoms with Gasteiger partial charge in [-0.15, -0.1) is 0 Å². The van der Waals surface area contributed by atoms with Gasteiger partial charge in [0.2, 0.25) is 0 Å². The molecule has 0 fully saturated rings. The summed E-state index contributed by atoms with van der Waals surface area (Å²) in [6, 6.07) is 7.57. The molecule has 2 N–H and O–H groups in total. The number of benzene rings is 1. The number of nitrogens with zero attached hydrogens (tertiary/aromatic N) is 2. The van der Waals surface area contributed by atoms with Crippen LogP contribution in [0.1, 0.15) is 37.0 Å². The average Bonchev–Trinajstić information content (AvgIpc) is 2.95. The highest BCUT2D eigenvalue weighted by Crippen LogP contribution is 2.16. The summed E-state index contributed by atoms with van der Waals surface area (Å²) >= 11 is 3.40. The molecule has 0 aliphatic rings. The van der Waals surface area contributed by atoms with Crippen molar-refractivity contribution >= 4 is 27.8 Å². The fraction of sp³-hybridized carbons (Fsp3) is 0.312. The van der Waals surface area contributed by atoms with Gasteiger partial charge in [0, 0.05) is 22.6 Å². The first-order chi connectivity index (χ1) is 10.8. The number of carboxylic acid groups (broad SMARTS) is 1. The Balaban J connectivity index is 2.08. The maximum absolute atomic E-state index is 12.3. The molecular weight excluding hydrogens is 362 g/mol. The van der Waals surface area contributed by atoms with Gasteiger partial charge in [-0.1, -0.05) is 22.0 Å². The number of nitrogens with one attached hydrogen (secondary N) is 1. The Bertz CT molecular complexity index is 725. The van der Waals surface area contributed by atoms with Gasteiger partial charge in [-0.05, 0) is 38.5 Å². The summed E-state index contributed by atoms with van der Waals surface area (Å²) in [6.45, 7) is 3.60. The van der Waals surface area contributed by atoms with Crippen molar-refractivity contribution in [3.8, 4) is 5.69 Å². The van der Waals surface area contributed by atoms with Crippen LogP contribution in [0, 0.1) is 0 Å². The Kier molecular flexibility index (Phi) is 5.20. The molecule has 0 bridgehead atoms. The summed E-state index contributed by atoms with van der Waals surface area (Å²) in [5, 5.41) is 15.8. The zero-order chi connectivity index (χ0) is 17.0. The van der Waals surface area contributed by atoms with E-state index in [1.807, 2.05) is 24.3 Å². The first-order valence-electron chi connectivity index (χ1n) is 7.12. The van der Waals surface area contributed by atoms with Gasteiger partial charge in [0.15, 0.2) is 0 Å². The largest absolute Gasteiger partial charge is 0.481 e. The van der Waals surface area contributed by atoms with E-state index in [0.29, 0.717) is 12.0 Å². The van der Waals surface area contributed by atoms with Crippen LogP contribution >= 0.6 is 15.9 Å². The van der Waals surface area contributed by atoms with Gasteiger partial charge in [0.05, 0.1) is 17.4 Å². The Hall–Kier alpha value is -2.15. The van der Waals surface area contributed by atoms with Gasteiger partial charge in [-0.2, -0.15) is 5.10 Å². The first kappa shape index (κ1) is 17.2. The van der Waals surface area contributed by atoms with Gasteiger partial charge in [0.25, 0.3) is 5.91 Å². The van der Waals surface area contributed by atoms with Gasteiger partial charge in [-0.3, -0.25) is 9.59 Å². The van der Waals surface area contributed by atoms with E-state index < -0.39 is 11.5 Å². The van der Waals surface area contributed by atoms with Crippen LogP contribution in [0.3, 0.4) is 0 Å². The molecular formula is C16H18BrN3O3. The third-order valence-electron chi connectivity index (χ3n) is 3.33. The van der Waals surface area contributed by atoms with Crippen molar-refractivity contribution in [2.45, 2.75) is 32.2 Å². The molecule has 1 amide bonds. The minimum atomic E-state index is -0.880. The smallest absolute Gasteiger partial charge is 0.303 e. The van der Waals surface area contributed by atoms with Crippen LogP contribution in [0.15, 0.2) is 41.1 Å². The second kappa shape index (κ2) is 6.95. The Labute approximate surface area is 142 Å². The highest BCUT2D eigenvalue weighted by molar-refractivity contribution is 9.10. The number of aliphatic carboxylic acids is 1. The lowest BCUT2D eigenvalue weighted by molar-refractivity contribution is -0.137. The molecule has 0 spiro atoms. The molecule has 1 heterocycles. The van der Waals surface area contributed by atoms with Crippen molar-refractivity contribution in [2.24, 2.45) is 0 Å². The van der Waals surface area contributed by atoms with Crippen molar-refractivity contribution < 1.29 is 14.7 Å². The molecule has 0 aliphatic carbocycles. The van der Waals surface area contributed by atoms with Crippen molar-refractivity contribution in [2.75, 3.05) is 0 Å². The zero-order valence-corrected chi connectivity index (χ0v) is 14.5. The molecule has 6 nitrogen and oxygen atoms in total. The molecule has 1 aromatic heterocycles. The van der Waals surface area contributed by atoms with Gasteiger partial charge >= 0.3 is 5.97 Å². The fourth-order valence-electron chi connectivity index (χ4n) is 2.06. The quantitative estimate of drug-likeness (QED) is 0.807. The Morgan fingerprint density at radius 1 is 1.39 bits per heavy atom. The molecule has 0 saturated carbocycles. The molecule has 0 unspecified atom stereocenters. The van der Waals surface area contributed by atoms with E-state index in [1.54, 1.807) is 24.7 Å². The predicted octanol–water partition coefficient (Wildman–Crippen LogP) is 3.01. The Morgan fingerprint density at radius 3 is 2.78 bits per heavy atom. The summed E-state index contributed by atoms with van der Waals surface area (Å²) in [6.07, 6.45) is 3.49. The monoisotopic (exact) mass is 379 g/mol. The van der Waals surface area contributed by atoms with E-state index in [9.17, 15) is 9.59 Å². The van der Waals surface area contributed by atoms with E-state index in [1.165, 1.54) is 6.20 Å². The van der Waals surface area contributed by atoms with Crippen molar-refractivity contribution in [1.82, 2.24) is 15.1 Å². The minimum Gasteiger partial charge on any atom is -0.481 e. The fourth-order valence-corrected chi connectivity index (χ4v) is 2.45. The van der Waals surface area contributed by atoms with Gasteiger partial charge < -0.3 is 10.4 Å². The molecule has 2 aromatic rings. The lowest BCUT2D eigenvalue weighted by Crippen LogP contribution is -2.43. The van der Waals surface area contributed by atoms with Crippen molar-refractivity contribution in [1.29, 1.82) is 0 Å². The number of hydrogen-bond acceptors (Lipinski definition) is 3. The molecule has 0 atom stereocenters. The second-order valence-electron chi connectivity index (χ2n) is 5.89. The average molecular weight is 380 g/mol. The second-order valence-corrected chi connectivity index (χ2v) is 6.80. The van der Waals surface area contributed by atoms with E-state index in [4.69, 9.17) is 5.11 Å². The number of halogens is 1. The van der Waals surface area contributed by atoms with Gasteiger partial charge in [0.1, 0.15) is 0 Å². The number of hydrogen-bond donors (Lipinski definition) is 2. The van der Waals surface area contributed by atoms with Crippen LogP contribution in [0.25, 0.3) is 5.69 Å². The first-order valence-corrected chi connectivity index (χ1v) is 7.91. The van der Waals surface area contributed by atoms with E-state index in [-0.39, 0.29) is 12.3 Å². The molecule has 23 heavy (non-hydrogen) atoms.